The molecule has 5 heteroatoms. The minimum absolute atomic E-state index is 0.0850. The lowest BCUT2D eigenvalue weighted by atomic mass is 10.00. The highest BCUT2D eigenvalue weighted by atomic mass is 16.9. The molecule has 1 aliphatic heterocycles. The number of ether oxygens (including phenoxy) is 1. The molecule has 0 fully saturated rings. The van der Waals surface area contributed by atoms with Gasteiger partial charge in [0.15, 0.2) is 0 Å². The van der Waals surface area contributed by atoms with Crippen LogP contribution in [-0.2, 0) is 14.4 Å². The maximum atomic E-state index is 11.4. The summed E-state index contributed by atoms with van der Waals surface area (Å²) >= 11 is 0. The van der Waals surface area contributed by atoms with E-state index in [0.717, 1.165) is 0 Å². The van der Waals surface area contributed by atoms with Crippen molar-refractivity contribution >= 4 is 11.7 Å². The molecule has 0 spiro atoms. The zero-order valence-corrected chi connectivity index (χ0v) is 7.80. The molecule has 0 aromatic heterocycles. The highest BCUT2D eigenvalue weighted by molar-refractivity contribution is 6.35. The van der Waals surface area contributed by atoms with E-state index in [4.69, 9.17) is 9.57 Å². The van der Waals surface area contributed by atoms with Gasteiger partial charge in [0.25, 0.3) is 0 Å². The molecule has 5 nitrogen and oxygen atoms in total. The van der Waals surface area contributed by atoms with Crippen LogP contribution in [0.15, 0.2) is 12.2 Å². The number of carbonyl (C=O) groups is 1. The third-order valence-corrected chi connectivity index (χ3v) is 2.36. The lowest BCUT2D eigenvalue weighted by Crippen LogP contribution is -2.28. The number of hydrogen-bond donors (Lipinski definition) is 0. The van der Waals surface area contributed by atoms with Crippen LogP contribution in [0.3, 0.4) is 0 Å². The van der Waals surface area contributed by atoms with Gasteiger partial charge in [0.1, 0.15) is 0 Å². The number of allylic oxidation sites excluding steroid dienone is 1. The molecule has 0 unspecified atom stereocenters. The Morgan fingerprint density at radius 3 is 3.36 bits per heavy atom. The monoisotopic (exact) mass is 197 g/mol. The second-order valence-corrected chi connectivity index (χ2v) is 3.20. The molecule has 1 heterocycles. The Kier molecular flexibility index (Phi) is 2.15. The summed E-state index contributed by atoms with van der Waals surface area (Å²) in [7, 11) is 0. The fraction of sp³-hybridized carbons (Fsp3) is 0.556. The molecule has 0 amide bonds. The van der Waals surface area contributed by atoms with Crippen molar-refractivity contribution in [2.45, 2.75) is 19.4 Å². The summed E-state index contributed by atoms with van der Waals surface area (Å²) in [6.45, 7) is 1.97. The van der Waals surface area contributed by atoms with Gasteiger partial charge in [-0.2, -0.15) is 0 Å². The third-order valence-electron chi connectivity index (χ3n) is 2.36. The summed E-state index contributed by atoms with van der Waals surface area (Å²) in [6, 6.07) is 0. The highest BCUT2D eigenvalue weighted by Gasteiger charge is 2.45. The summed E-state index contributed by atoms with van der Waals surface area (Å²) in [6.07, 6.45) is 4.08. The molecule has 0 radical (unpaired) electrons. The molecule has 0 saturated heterocycles. The van der Waals surface area contributed by atoms with Crippen molar-refractivity contribution in [3.05, 3.63) is 17.4 Å². The van der Waals surface area contributed by atoms with Crippen molar-refractivity contribution in [2.24, 2.45) is 5.92 Å². The fourth-order valence-electron chi connectivity index (χ4n) is 1.74. The molecule has 0 N–H and O–H groups in total. The van der Waals surface area contributed by atoms with Gasteiger partial charge in [0.05, 0.1) is 18.6 Å². The van der Waals surface area contributed by atoms with E-state index in [1.165, 1.54) is 0 Å². The summed E-state index contributed by atoms with van der Waals surface area (Å²) in [4.78, 5) is 16.6. The number of carbonyl (C=O) groups excluding carboxylic acids is 1. The van der Waals surface area contributed by atoms with E-state index in [1.807, 2.05) is 6.08 Å². The standard InChI is InChI=1S/C9H11NO4/c1-2-13-9(11)8-6-4-3-5-7(6)14-10(8)12/h3,5-7H,2,4H2,1H3/t6-,7+/m1/s1. The minimum Gasteiger partial charge on any atom is -0.458 e. The molecule has 14 heavy (non-hydrogen) atoms. The van der Waals surface area contributed by atoms with Crippen LogP contribution in [0.25, 0.3) is 0 Å². The van der Waals surface area contributed by atoms with Crippen molar-refractivity contribution in [1.29, 1.82) is 0 Å². The molecule has 0 saturated carbocycles. The maximum absolute atomic E-state index is 11.4. The quantitative estimate of drug-likeness (QED) is 0.365. The van der Waals surface area contributed by atoms with E-state index < -0.39 is 5.97 Å². The Balaban J connectivity index is 2.17. The predicted molar refractivity (Wildman–Crippen MR) is 47.4 cm³/mol. The van der Waals surface area contributed by atoms with E-state index in [-0.39, 0.29) is 29.2 Å². The first kappa shape index (κ1) is 9.05. The smallest absolute Gasteiger partial charge is 0.405 e. The molecule has 2 aliphatic rings. The van der Waals surface area contributed by atoms with Crippen LogP contribution in [0.1, 0.15) is 13.3 Å². The minimum atomic E-state index is -0.571. The van der Waals surface area contributed by atoms with Crippen LogP contribution in [0.2, 0.25) is 0 Å². The fourth-order valence-corrected chi connectivity index (χ4v) is 1.74. The lowest BCUT2D eigenvalue weighted by molar-refractivity contribution is -0.737. The number of rotatable bonds is 2. The van der Waals surface area contributed by atoms with Gasteiger partial charge in [-0.1, -0.05) is 12.2 Å². The van der Waals surface area contributed by atoms with Crippen molar-refractivity contribution in [1.82, 2.24) is 0 Å². The van der Waals surface area contributed by atoms with Gasteiger partial charge in [0.2, 0.25) is 0 Å². The average Bonchev–Trinajstić information content (AvgIpc) is 2.63. The zero-order chi connectivity index (χ0) is 10.1. The summed E-state index contributed by atoms with van der Waals surface area (Å²) in [5.41, 5.74) is 0.0850. The Bertz CT molecular complexity index is 321. The van der Waals surface area contributed by atoms with E-state index >= 15 is 0 Å². The van der Waals surface area contributed by atoms with Gasteiger partial charge in [-0.05, 0) is 13.3 Å². The maximum Gasteiger partial charge on any atom is 0.405 e. The van der Waals surface area contributed by atoms with Gasteiger partial charge >= 0.3 is 11.7 Å². The molecule has 0 bridgehead atoms. The van der Waals surface area contributed by atoms with Gasteiger partial charge in [-0.15, -0.1) is 0 Å². The Hall–Kier alpha value is -1.52. The Labute approximate surface area is 81.2 Å². The molecular weight excluding hydrogens is 186 g/mol. The Morgan fingerprint density at radius 1 is 1.86 bits per heavy atom. The van der Waals surface area contributed by atoms with Gasteiger partial charge in [-0.3, -0.25) is 5.21 Å². The average molecular weight is 197 g/mol. The van der Waals surface area contributed by atoms with Crippen LogP contribution in [0.5, 0.6) is 0 Å². The molecule has 1 aliphatic carbocycles. The third kappa shape index (κ3) is 1.25. The topological polar surface area (TPSA) is 61.6 Å². The molecule has 2 atom stereocenters. The van der Waals surface area contributed by atoms with Gasteiger partial charge < -0.3 is 9.57 Å². The first-order valence-electron chi connectivity index (χ1n) is 4.58. The van der Waals surface area contributed by atoms with E-state index in [2.05, 4.69) is 0 Å². The normalized spacial score (nSPS) is 28.9. The second-order valence-electron chi connectivity index (χ2n) is 3.20. The zero-order valence-electron chi connectivity index (χ0n) is 7.80. The molecule has 0 aromatic carbocycles. The molecule has 76 valence electrons. The van der Waals surface area contributed by atoms with Crippen LogP contribution in [-0.4, -0.2) is 29.3 Å². The summed E-state index contributed by atoms with van der Waals surface area (Å²) in [5, 5.41) is 11.2. The predicted octanol–water partition coefficient (Wildman–Crippen LogP) is 0.391. The molecular formula is C9H11NO4. The largest absolute Gasteiger partial charge is 0.458 e. The van der Waals surface area contributed by atoms with Crippen molar-refractivity contribution in [2.75, 3.05) is 6.61 Å². The summed E-state index contributed by atoms with van der Waals surface area (Å²) < 4.78 is 4.78. The highest BCUT2D eigenvalue weighted by Crippen LogP contribution is 2.28. The van der Waals surface area contributed by atoms with Crippen LogP contribution >= 0.6 is 0 Å². The molecule has 2 rings (SSSR count). The van der Waals surface area contributed by atoms with E-state index in [1.54, 1.807) is 13.0 Å². The number of esters is 1. The van der Waals surface area contributed by atoms with Crippen LogP contribution < -0.4 is 0 Å². The Morgan fingerprint density at radius 2 is 2.64 bits per heavy atom. The lowest BCUT2D eigenvalue weighted by Gasteiger charge is -2.06. The first-order chi connectivity index (χ1) is 6.74. The van der Waals surface area contributed by atoms with Crippen molar-refractivity contribution in [3.8, 4) is 0 Å². The van der Waals surface area contributed by atoms with Crippen LogP contribution in [0, 0.1) is 11.1 Å². The SMILES string of the molecule is CCOC(=O)C1=[N+]([O-])O[C@H]2C=CC[C@@H]12. The van der Waals surface area contributed by atoms with Gasteiger partial charge in [0, 0.05) is 4.90 Å². The van der Waals surface area contributed by atoms with Gasteiger partial charge in [-0.25, -0.2) is 4.79 Å². The van der Waals surface area contributed by atoms with Crippen LogP contribution in [0.4, 0.5) is 0 Å². The number of hydrogen-bond acceptors (Lipinski definition) is 4. The number of fused-ring (bicyclic) bond motifs is 1. The van der Waals surface area contributed by atoms with Crippen molar-refractivity contribution < 1.29 is 19.3 Å². The number of nitrogens with zero attached hydrogens (tertiary/aromatic N) is 1. The second kappa shape index (κ2) is 3.32. The summed E-state index contributed by atoms with van der Waals surface area (Å²) in [5.74, 6) is -0.731. The molecule has 0 aromatic rings. The first-order valence-corrected chi connectivity index (χ1v) is 4.58. The van der Waals surface area contributed by atoms with Crippen molar-refractivity contribution in [3.63, 3.8) is 0 Å². The van der Waals surface area contributed by atoms with E-state index in [0.29, 0.717) is 6.42 Å². The van der Waals surface area contributed by atoms with E-state index in [9.17, 15) is 10.0 Å².